The summed E-state index contributed by atoms with van der Waals surface area (Å²) in [6.45, 7) is 1.99. The number of benzene rings is 3. The monoisotopic (exact) mass is 407 g/mol. The highest BCUT2D eigenvalue weighted by Gasteiger charge is 2.04. The van der Waals surface area contributed by atoms with Gasteiger partial charge in [-0.3, -0.25) is 14.4 Å². The Morgan fingerprint density at radius 3 is 1.31 bits per heavy atom. The Kier molecular flexibility index (Phi) is 9.56. The van der Waals surface area contributed by atoms with Gasteiger partial charge in [-0.05, 0) is 37.3 Å². The van der Waals surface area contributed by atoms with Gasteiger partial charge in [0, 0.05) is 26.9 Å². The Labute approximate surface area is 173 Å². The van der Waals surface area contributed by atoms with Crippen molar-refractivity contribution in [2.24, 2.45) is 17.2 Å². The highest BCUT2D eigenvalue weighted by atomic mass is 28.1. The molecule has 150 valence electrons. The largest absolute Gasteiger partial charge is 0.366 e. The summed E-state index contributed by atoms with van der Waals surface area (Å²) in [6.07, 6.45) is 0. The molecule has 3 aromatic rings. The van der Waals surface area contributed by atoms with Crippen LogP contribution in [0.25, 0.3) is 0 Å². The zero-order valence-electron chi connectivity index (χ0n) is 16.5. The molecule has 0 radical (unpaired) electrons. The first-order valence-corrected chi connectivity index (χ1v) is 9.79. The van der Waals surface area contributed by atoms with Crippen LogP contribution in [0.1, 0.15) is 36.6 Å². The standard InChI is InChI=1S/C8H11NOSi.2C7H7NO/c1-5-3-2-4-6(7(5)11)8(9)10;2*8-7(9)6-4-2-1-3-5-6/h2-4H,1,11H3,(H2,9,10);2*1-5H,(H2,8,9). The summed E-state index contributed by atoms with van der Waals surface area (Å²) in [4.78, 5) is 31.7. The van der Waals surface area contributed by atoms with Crippen molar-refractivity contribution in [3.05, 3.63) is 101 Å². The summed E-state index contributed by atoms with van der Waals surface area (Å²) in [6, 6.07) is 23.2. The van der Waals surface area contributed by atoms with Gasteiger partial charge in [-0.25, -0.2) is 0 Å². The van der Waals surface area contributed by atoms with Gasteiger partial charge in [0.25, 0.3) is 0 Å². The van der Waals surface area contributed by atoms with Crippen molar-refractivity contribution >= 4 is 33.2 Å². The van der Waals surface area contributed by atoms with Gasteiger partial charge in [0.05, 0.1) is 0 Å². The third-order valence-corrected chi connectivity index (χ3v) is 5.31. The second-order valence-electron chi connectivity index (χ2n) is 6.07. The Bertz CT molecular complexity index is 912. The topological polar surface area (TPSA) is 129 Å². The van der Waals surface area contributed by atoms with E-state index in [9.17, 15) is 14.4 Å². The van der Waals surface area contributed by atoms with Crippen LogP contribution in [0.5, 0.6) is 0 Å². The third-order valence-electron chi connectivity index (χ3n) is 3.99. The molecule has 7 heteroatoms. The number of carbonyl (C=O) groups excluding carboxylic acids is 3. The number of amides is 3. The van der Waals surface area contributed by atoms with Gasteiger partial charge >= 0.3 is 0 Å². The Hall–Kier alpha value is -3.71. The summed E-state index contributed by atoms with van der Waals surface area (Å²) in [5, 5.41) is 1.11. The smallest absolute Gasteiger partial charge is 0.248 e. The fourth-order valence-electron chi connectivity index (χ4n) is 2.22. The molecule has 0 aliphatic carbocycles. The number of carbonyl (C=O) groups is 3. The van der Waals surface area contributed by atoms with E-state index in [0.29, 0.717) is 16.7 Å². The molecular weight excluding hydrogens is 382 g/mol. The zero-order valence-corrected chi connectivity index (χ0v) is 18.5. The number of nitrogens with two attached hydrogens (primary N) is 3. The fourth-order valence-corrected chi connectivity index (χ4v) is 2.80. The lowest BCUT2D eigenvalue weighted by Gasteiger charge is -2.03. The molecule has 29 heavy (non-hydrogen) atoms. The number of primary amides is 3. The molecular formula is C22H25N3O3Si. The second kappa shape index (κ2) is 11.9. The van der Waals surface area contributed by atoms with Crippen molar-refractivity contribution in [2.75, 3.05) is 0 Å². The van der Waals surface area contributed by atoms with E-state index in [1.54, 1.807) is 54.6 Å². The minimum absolute atomic E-state index is 0.321. The molecule has 3 aromatic carbocycles. The molecule has 6 nitrogen and oxygen atoms in total. The van der Waals surface area contributed by atoms with Crippen LogP contribution in [0.4, 0.5) is 0 Å². The molecule has 0 fully saturated rings. The van der Waals surface area contributed by atoms with Gasteiger partial charge in [-0.15, -0.1) is 0 Å². The molecule has 0 atom stereocenters. The van der Waals surface area contributed by atoms with Crippen LogP contribution in [0.2, 0.25) is 0 Å². The third kappa shape index (κ3) is 8.23. The maximum Gasteiger partial charge on any atom is 0.248 e. The molecule has 3 amide bonds. The van der Waals surface area contributed by atoms with Crippen molar-refractivity contribution in [2.45, 2.75) is 6.92 Å². The van der Waals surface area contributed by atoms with E-state index in [2.05, 4.69) is 0 Å². The van der Waals surface area contributed by atoms with Crippen molar-refractivity contribution in [3.63, 3.8) is 0 Å². The van der Waals surface area contributed by atoms with Gasteiger partial charge in [-0.1, -0.05) is 59.3 Å². The average Bonchev–Trinajstić information content (AvgIpc) is 2.72. The average molecular weight is 408 g/mol. The van der Waals surface area contributed by atoms with Crippen LogP contribution in [0, 0.1) is 6.92 Å². The van der Waals surface area contributed by atoms with E-state index < -0.39 is 0 Å². The SMILES string of the molecule is Cc1cccc(C(N)=O)c1[SiH3].NC(=O)c1ccccc1.NC(=O)c1ccccc1. The first-order valence-electron chi connectivity index (χ1n) is 8.79. The number of hydrogen-bond donors (Lipinski definition) is 3. The summed E-state index contributed by atoms with van der Waals surface area (Å²) in [5.41, 5.74) is 18.1. The lowest BCUT2D eigenvalue weighted by atomic mass is 10.1. The summed E-state index contributed by atoms with van der Waals surface area (Å²) in [7, 11) is 0.875. The van der Waals surface area contributed by atoms with Crippen LogP contribution in [0.15, 0.2) is 78.9 Å². The molecule has 3 rings (SSSR count). The van der Waals surface area contributed by atoms with E-state index >= 15 is 0 Å². The van der Waals surface area contributed by atoms with E-state index in [4.69, 9.17) is 17.2 Å². The zero-order chi connectivity index (χ0) is 21.8. The molecule has 0 aliphatic rings. The molecule has 0 aromatic heterocycles. The predicted octanol–water partition coefficient (Wildman–Crippen LogP) is 0.656. The van der Waals surface area contributed by atoms with E-state index in [-0.39, 0.29) is 17.7 Å². The highest BCUT2D eigenvalue weighted by molar-refractivity contribution is 6.37. The van der Waals surface area contributed by atoms with Gasteiger partial charge < -0.3 is 17.2 Å². The highest BCUT2D eigenvalue weighted by Crippen LogP contribution is 1.98. The van der Waals surface area contributed by atoms with Gasteiger partial charge in [0.2, 0.25) is 17.7 Å². The van der Waals surface area contributed by atoms with E-state index in [1.807, 2.05) is 31.2 Å². The Morgan fingerprint density at radius 1 is 0.621 bits per heavy atom. The maximum atomic E-state index is 10.8. The van der Waals surface area contributed by atoms with Gasteiger partial charge in [-0.2, -0.15) is 0 Å². The van der Waals surface area contributed by atoms with Crippen molar-refractivity contribution in [1.29, 1.82) is 0 Å². The molecule has 0 aliphatic heterocycles. The molecule has 0 bridgehead atoms. The molecule has 0 unspecified atom stereocenters. The number of rotatable bonds is 3. The minimum atomic E-state index is -0.379. The van der Waals surface area contributed by atoms with E-state index in [1.165, 1.54) is 0 Å². The predicted molar refractivity (Wildman–Crippen MR) is 119 cm³/mol. The van der Waals surface area contributed by atoms with Crippen molar-refractivity contribution < 1.29 is 14.4 Å². The molecule has 0 heterocycles. The van der Waals surface area contributed by atoms with Crippen LogP contribution < -0.4 is 22.4 Å². The molecule has 6 N–H and O–H groups in total. The number of hydrogen-bond acceptors (Lipinski definition) is 3. The summed E-state index contributed by atoms with van der Waals surface area (Å²) >= 11 is 0. The summed E-state index contributed by atoms with van der Waals surface area (Å²) < 4.78 is 0. The molecule has 0 spiro atoms. The second-order valence-corrected chi connectivity index (χ2v) is 7.07. The lowest BCUT2D eigenvalue weighted by Crippen LogP contribution is -2.23. The van der Waals surface area contributed by atoms with Gasteiger partial charge in [0.15, 0.2) is 0 Å². The fraction of sp³-hybridized carbons (Fsp3) is 0.0455. The van der Waals surface area contributed by atoms with Crippen molar-refractivity contribution in [1.82, 2.24) is 0 Å². The first kappa shape index (κ1) is 23.3. The van der Waals surface area contributed by atoms with Crippen LogP contribution in [-0.2, 0) is 0 Å². The minimum Gasteiger partial charge on any atom is -0.366 e. The number of aryl methyl sites for hydroxylation is 1. The lowest BCUT2D eigenvalue weighted by molar-refractivity contribution is 0.0992. The van der Waals surface area contributed by atoms with Crippen LogP contribution in [0.3, 0.4) is 0 Å². The molecule has 0 saturated heterocycles. The van der Waals surface area contributed by atoms with Gasteiger partial charge in [0.1, 0.15) is 0 Å². The van der Waals surface area contributed by atoms with Crippen LogP contribution in [-0.4, -0.2) is 28.0 Å². The molecule has 0 saturated carbocycles. The van der Waals surface area contributed by atoms with Crippen LogP contribution >= 0.6 is 0 Å². The Balaban J connectivity index is 0.000000219. The van der Waals surface area contributed by atoms with Crippen molar-refractivity contribution in [3.8, 4) is 0 Å². The van der Waals surface area contributed by atoms with E-state index in [0.717, 1.165) is 21.0 Å². The maximum absolute atomic E-state index is 10.8. The summed E-state index contributed by atoms with van der Waals surface area (Å²) in [5.74, 6) is -1.08. The normalized spacial score (nSPS) is 9.28. The quantitative estimate of drug-likeness (QED) is 0.551. The first-order chi connectivity index (χ1) is 13.7. The Morgan fingerprint density at radius 2 is 1.03 bits per heavy atom.